The summed E-state index contributed by atoms with van der Waals surface area (Å²) in [6.45, 7) is 14.4. The minimum atomic E-state index is -0.00452. The highest BCUT2D eigenvalue weighted by atomic mass is 16.1. The summed E-state index contributed by atoms with van der Waals surface area (Å²) < 4.78 is 0. The lowest BCUT2D eigenvalue weighted by atomic mass is 9.92. The molecule has 0 bridgehead atoms. The Morgan fingerprint density at radius 1 is 1.31 bits per heavy atom. The van der Waals surface area contributed by atoms with E-state index in [-0.39, 0.29) is 11.3 Å². The van der Waals surface area contributed by atoms with E-state index in [0.717, 1.165) is 19.6 Å². The number of carbonyl (C=O) groups excluding carboxylic acids is 1. The maximum Gasteiger partial charge on any atom is 0.243 e. The molecular weight excluding hydrogens is 200 g/mol. The van der Waals surface area contributed by atoms with E-state index in [2.05, 4.69) is 37.9 Å². The molecule has 3 heteroatoms. The van der Waals surface area contributed by atoms with Gasteiger partial charge in [-0.3, -0.25) is 4.79 Å². The van der Waals surface area contributed by atoms with Gasteiger partial charge in [0.1, 0.15) is 0 Å². The number of nitrogens with one attached hydrogen (secondary N) is 1. The average molecular weight is 226 g/mol. The molecule has 0 fully saturated rings. The predicted octanol–water partition coefficient (Wildman–Crippen LogP) is 2.05. The van der Waals surface area contributed by atoms with Crippen molar-refractivity contribution < 1.29 is 4.79 Å². The Morgan fingerprint density at radius 3 is 2.31 bits per heavy atom. The summed E-state index contributed by atoms with van der Waals surface area (Å²) in [5.74, 6) is -0.00452. The van der Waals surface area contributed by atoms with Gasteiger partial charge in [-0.05, 0) is 31.5 Å². The van der Waals surface area contributed by atoms with Gasteiger partial charge in [-0.2, -0.15) is 0 Å². The molecule has 1 N–H and O–H groups in total. The molecule has 0 aliphatic heterocycles. The van der Waals surface area contributed by atoms with Gasteiger partial charge >= 0.3 is 0 Å². The quantitative estimate of drug-likeness (QED) is 0.674. The van der Waals surface area contributed by atoms with Gasteiger partial charge in [0.15, 0.2) is 0 Å². The first-order valence-electron chi connectivity index (χ1n) is 6.08. The smallest absolute Gasteiger partial charge is 0.243 e. The van der Waals surface area contributed by atoms with Gasteiger partial charge in [-0.15, -0.1) is 0 Å². The van der Waals surface area contributed by atoms with Gasteiger partial charge in [-0.1, -0.05) is 33.8 Å². The molecule has 0 atom stereocenters. The monoisotopic (exact) mass is 226 g/mol. The van der Waals surface area contributed by atoms with E-state index < -0.39 is 0 Å². The zero-order valence-corrected chi connectivity index (χ0v) is 11.3. The fourth-order valence-corrected chi connectivity index (χ4v) is 1.65. The van der Waals surface area contributed by atoms with E-state index in [4.69, 9.17) is 0 Å². The van der Waals surface area contributed by atoms with Crippen molar-refractivity contribution in [1.82, 2.24) is 10.2 Å². The fourth-order valence-electron chi connectivity index (χ4n) is 1.65. The minimum Gasteiger partial charge on any atom is -0.352 e. The first kappa shape index (κ1) is 15.2. The van der Waals surface area contributed by atoms with Crippen LogP contribution in [0.25, 0.3) is 0 Å². The first-order chi connectivity index (χ1) is 7.45. The van der Waals surface area contributed by atoms with Gasteiger partial charge < -0.3 is 10.2 Å². The van der Waals surface area contributed by atoms with E-state index >= 15 is 0 Å². The van der Waals surface area contributed by atoms with E-state index in [9.17, 15) is 4.79 Å². The van der Waals surface area contributed by atoms with Crippen molar-refractivity contribution in [1.29, 1.82) is 0 Å². The Labute approximate surface area is 99.9 Å². The molecule has 0 aliphatic carbocycles. The molecule has 0 aromatic rings. The van der Waals surface area contributed by atoms with Crippen LogP contribution in [0, 0.1) is 5.41 Å². The zero-order valence-electron chi connectivity index (χ0n) is 11.3. The zero-order chi connectivity index (χ0) is 12.6. The maximum atomic E-state index is 11.3. The second kappa shape index (κ2) is 7.44. The van der Waals surface area contributed by atoms with Crippen LogP contribution in [0.5, 0.6) is 0 Å². The van der Waals surface area contributed by atoms with Crippen molar-refractivity contribution in [3.63, 3.8) is 0 Å². The van der Waals surface area contributed by atoms with Crippen molar-refractivity contribution in [2.45, 2.75) is 34.6 Å². The summed E-state index contributed by atoms with van der Waals surface area (Å²) in [6, 6.07) is 0. The maximum absolute atomic E-state index is 11.3. The second-order valence-corrected chi connectivity index (χ2v) is 4.84. The summed E-state index contributed by atoms with van der Waals surface area (Å²) >= 11 is 0. The molecule has 1 amide bonds. The van der Waals surface area contributed by atoms with Gasteiger partial charge in [0.25, 0.3) is 0 Å². The highest BCUT2D eigenvalue weighted by Gasteiger charge is 2.20. The molecule has 0 heterocycles. The molecule has 0 aromatic heterocycles. The van der Waals surface area contributed by atoms with E-state index in [1.54, 1.807) is 12.2 Å². The van der Waals surface area contributed by atoms with Crippen LogP contribution in [0.3, 0.4) is 0 Å². The Hall–Kier alpha value is -0.830. The third-order valence-corrected chi connectivity index (χ3v) is 2.61. The number of amides is 1. The molecule has 3 nitrogen and oxygen atoms in total. The number of hydrogen-bond acceptors (Lipinski definition) is 2. The van der Waals surface area contributed by atoms with Crippen LogP contribution in [0.2, 0.25) is 0 Å². The molecule has 0 aromatic carbocycles. The Morgan fingerprint density at radius 2 is 1.88 bits per heavy atom. The Bertz CT molecular complexity index is 230. The highest BCUT2D eigenvalue weighted by molar-refractivity contribution is 5.87. The molecule has 0 saturated heterocycles. The van der Waals surface area contributed by atoms with Crippen molar-refractivity contribution in [2.75, 3.05) is 26.2 Å². The van der Waals surface area contributed by atoms with Gasteiger partial charge in [-0.25, -0.2) is 0 Å². The molecular formula is C13H26N2O. The molecule has 0 aliphatic rings. The number of nitrogens with zero attached hydrogens (tertiary/aromatic N) is 1. The molecule has 16 heavy (non-hydrogen) atoms. The minimum absolute atomic E-state index is 0.00452. The Kier molecular flexibility index (Phi) is 7.06. The summed E-state index contributed by atoms with van der Waals surface area (Å²) in [5.41, 5.74) is 0.114. The fraction of sp³-hybridized carbons (Fsp3) is 0.769. The second-order valence-electron chi connectivity index (χ2n) is 4.84. The highest BCUT2D eigenvalue weighted by Crippen LogP contribution is 2.15. The van der Waals surface area contributed by atoms with Crippen molar-refractivity contribution in [3.8, 4) is 0 Å². The molecule has 0 unspecified atom stereocenters. The van der Waals surface area contributed by atoms with Crippen LogP contribution in [0.15, 0.2) is 12.2 Å². The third-order valence-electron chi connectivity index (χ3n) is 2.61. The van der Waals surface area contributed by atoms with Crippen LogP contribution in [0.4, 0.5) is 0 Å². The summed E-state index contributed by atoms with van der Waals surface area (Å²) in [4.78, 5) is 13.7. The summed E-state index contributed by atoms with van der Waals surface area (Å²) in [7, 11) is 0. The van der Waals surface area contributed by atoms with Crippen LogP contribution in [-0.4, -0.2) is 37.0 Å². The Balaban J connectivity index is 4.08. The average Bonchev–Trinajstić information content (AvgIpc) is 2.24. The predicted molar refractivity (Wildman–Crippen MR) is 69.4 cm³/mol. The lowest BCUT2D eigenvalue weighted by molar-refractivity contribution is -0.117. The lowest BCUT2D eigenvalue weighted by Gasteiger charge is -2.31. The van der Waals surface area contributed by atoms with Gasteiger partial charge in [0, 0.05) is 13.1 Å². The topological polar surface area (TPSA) is 32.3 Å². The largest absolute Gasteiger partial charge is 0.352 e. The number of hydrogen-bond donors (Lipinski definition) is 1. The van der Waals surface area contributed by atoms with E-state index in [1.165, 1.54) is 0 Å². The number of carbonyl (C=O) groups is 1. The van der Waals surface area contributed by atoms with Gasteiger partial charge in [0.05, 0.1) is 0 Å². The summed E-state index contributed by atoms with van der Waals surface area (Å²) in [6.07, 6.45) is 3.32. The standard InChI is InChI=1S/C13H26N2O/c1-6-9-12(16)14-10-13(4,5)11-15(7-2)8-3/h6,9H,7-8,10-11H2,1-5H3,(H,14,16)/b9-6+. The molecule has 94 valence electrons. The lowest BCUT2D eigenvalue weighted by Crippen LogP contribution is -2.41. The van der Waals surface area contributed by atoms with E-state index in [1.807, 2.05) is 6.92 Å². The van der Waals surface area contributed by atoms with Crippen LogP contribution in [0.1, 0.15) is 34.6 Å². The molecule has 0 spiro atoms. The number of rotatable bonds is 7. The SMILES string of the molecule is C/C=C/C(=O)NCC(C)(C)CN(CC)CC. The molecule has 0 saturated carbocycles. The van der Waals surface area contributed by atoms with Crippen LogP contribution in [-0.2, 0) is 4.79 Å². The first-order valence-corrected chi connectivity index (χ1v) is 6.08. The third kappa shape index (κ3) is 6.62. The molecule has 0 radical (unpaired) electrons. The van der Waals surface area contributed by atoms with Crippen molar-refractivity contribution in [3.05, 3.63) is 12.2 Å². The van der Waals surface area contributed by atoms with E-state index in [0.29, 0.717) is 6.54 Å². The van der Waals surface area contributed by atoms with Gasteiger partial charge in [0.2, 0.25) is 5.91 Å². The van der Waals surface area contributed by atoms with Crippen LogP contribution < -0.4 is 5.32 Å². The molecule has 0 rings (SSSR count). The normalized spacial score (nSPS) is 12.4. The summed E-state index contributed by atoms with van der Waals surface area (Å²) in [5, 5.41) is 2.92. The van der Waals surface area contributed by atoms with Crippen LogP contribution >= 0.6 is 0 Å². The number of allylic oxidation sites excluding steroid dienone is 1. The van der Waals surface area contributed by atoms with Crippen molar-refractivity contribution >= 4 is 5.91 Å². The van der Waals surface area contributed by atoms with Crippen molar-refractivity contribution in [2.24, 2.45) is 5.41 Å².